The Labute approximate surface area is 78.4 Å². The number of hydrogen-bond donors (Lipinski definition) is 2. The summed E-state index contributed by atoms with van der Waals surface area (Å²) in [5.74, 6) is 1.56. The summed E-state index contributed by atoms with van der Waals surface area (Å²) in [7, 11) is 0. The summed E-state index contributed by atoms with van der Waals surface area (Å²) in [6.45, 7) is 1.05. The fraction of sp³-hybridized carbons (Fsp3) is 0.500. The summed E-state index contributed by atoms with van der Waals surface area (Å²) in [5.41, 5.74) is 6.63. The molecule has 0 saturated heterocycles. The van der Waals surface area contributed by atoms with Gasteiger partial charge in [0.2, 0.25) is 0 Å². The van der Waals surface area contributed by atoms with Crippen molar-refractivity contribution in [2.75, 3.05) is 17.6 Å². The van der Waals surface area contributed by atoms with E-state index in [0.717, 1.165) is 18.2 Å². The zero-order chi connectivity index (χ0) is 9.10. The standard InChI is InChI=1S/C10H15N3/c11-10-7-9(4-6-13-10)12-5-3-8-1-2-8/h4,6-8H,1-3,5H2,(H3,11,12,13). The molecule has 3 heteroatoms. The Bertz CT molecular complexity index is 281. The quantitative estimate of drug-likeness (QED) is 0.738. The van der Waals surface area contributed by atoms with E-state index in [4.69, 9.17) is 5.73 Å². The minimum atomic E-state index is 0.580. The van der Waals surface area contributed by atoms with Gasteiger partial charge in [0, 0.05) is 24.5 Å². The Balaban J connectivity index is 1.79. The van der Waals surface area contributed by atoms with Crippen molar-refractivity contribution >= 4 is 11.5 Å². The second-order valence-corrected chi connectivity index (χ2v) is 3.63. The van der Waals surface area contributed by atoms with Crippen LogP contribution in [0.5, 0.6) is 0 Å². The van der Waals surface area contributed by atoms with Crippen molar-refractivity contribution in [3.63, 3.8) is 0 Å². The van der Waals surface area contributed by atoms with Crippen LogP contribution in [0.2, 0.25) is 0 Å². The van der Waals surface area contributed by atoms with E-state index in [9.17, 15) is 0 Å². The van der Waals surface area contributed by atoms with Crippen LogP contribution < -0.4 is 11.1 Å². The molecule has 0 atom stereocenters. The number of anilines is 2. The third-order valence-corrected chi connectivity index (χ3v) is 2.36. The van der Waals surface area contributed by atoms with Gasteiger partial charge in [0.25, 0.3) is 0 Å². The summed E-state index contributed by atoms with van der Waals surface area (Å²) >= 11 is 0. The zero-order valence-corrected chi connectivity index (χ0v) is 7.66. The highest BCUT2D eigenvalue weighted by molar-refractivity contribution is 5.49. The zero-order valence-electron chi connectivity index (χ0n) is 7.66. The van der Waals surface area contributed by atoms with Gasteiger partial charge in [0.1, 0.15) is 5.82 Å². The molecule has 1 aromatic rings. The van der Waals surface area contributed by atoms with E-state index >= 15 is 0 Å². The van der Waals surface area contributed by atoms with Gasteiger partial charge in [0.05, 0.1) is 0 Å². The molecular formula is C10H15N3. The lowest BCUT2D eigenvalue weighted by molar-refractivity contribution is 0.760. The molecule has 3 nitrogen and oxygen atoms in total. The Hall–Kier alpha value is -1.25. The van der Waals surface area contributed by atoms with Crippen molar-refractivity contribution in [1.29, 1.82) is 0 Å². The van der Waals surface area contributed by atoms with E-state index in [1.165, 1.54) is 19.3 Å². The summed E-state index contributed by atoms with van der Waals surface area (Å²) in [6.07, 6.45) is 5.84. The molecule has 0 radical (unpaired) electrons. The maximum Gasteiger partial charge on any atom is 0.125 e. The lowest BCUT2D eigenvalue weighted by atomic mass is 10.3. The van der Waals surface area contributed by atoms with E-state index in [0.29, 0.717) is 5.82 Å². The van der Waals surface area contributed by atoms with Gasteiger partial charge < -0.3 is 11.1 Å². The van der Waals surface area contributed by atoms with Gasteiger partial charge in [-0.3, -0.25) is 0 Å². The molecule has 1 aromatic heterocycles. The normalized spacial score (nSPS) is 15.7. The SMILES string of the molecule is Nc1cc(NCCC2CC2)ccn1. The molecule has 0 aliphatic heterocycles. The van der Waals surface area contributed by atoms with Gasteiger partial charge in [-0.2, -0.15) is 0 Å². The van der Waals surface area contributed by atoms with E-state index in [1.807, 2.05) is 12.1 Å². The Morgan fingerprint density at radius 3 is 3.08 bits per heavy atom. The fourth-order valence-corrected chi connectivity index (χ4v) is 1.39. The first-order valence-corrected chi connectivity index (χ1v) is 4.80. The van der Waals surface area contributed by atoms with Crippen molar-refractivity contribution in [2.45, 2.75) is 19.3 Å². The molecular weight excluding hydrogens is 162 g/mol. The first-order chi connectivity index (χ1) is 6.34. The van der Waals surface area contributed by atoms with Crippen LogP contribution >= 0.6 is 0 Å². The topological polar surface area (TPSA) is 50.9 Å². The van der Waals surface area contributed by atoms with Crippen LogP contribution in [-0.2, 0) is 0 Å². The van der Waals surface area contributed by atoms with Crippen LogP contribution in [0.25, 0.3) is 0 Å². The fourth-order valence-electron chi connectivity index (χ4n) is 1.39. The third kappa shape index (κ3) is 2.61. The minimum Gasteiger partial charge on any atom is -0.385 e. The van der Waals surface area contributed by atoms with Crippen LogP contribution in [-0.4, -0.2) is 11.5 Å². The molecule has 0 aromatic carbocycles. The maximum absolute atomic E-state index is 5.55. The predicted octanol–water partition coefficient (Wildman–Crippen LogP) is 1.88. The van der Waals surface area contributed by atoms with Crippen molar-refractivity contribution in [3.8, 4) is 0 Å². The highest BCUT2D eigenvalue weighted by atomic mass is 14.9. The van der Waals surface area contributed by atoms with E-state index in [-0.39, 0.29) is 0 Å². The van der Waals surface area contributed by atoms with Crippen LogP contribution in [0, 0.1) is 5.92 Å². The van der Waals surface area contributed by atoms with Crippen LogP contribution in [0.3, 0.4) is 0 Å². The van der Waals surface area contributed by atoms with E-state index < -0.39 is 0 Å². The number of rotatable bonds is 4. The Morgan fingerprint density at radius 1 is 1.54 bits per heavy atom. The lowest BCUT2D eigenvalue weighted by Gasteiger charge is -2.05. The number of hydrogen-bond acceptors (Lipinski definition) is 3. The second-order valence-electron chi connectivity index (χ2n) is 3.63. The number of pyridine rings is 1. The van der Waals surface area contributed by atoms with Gasteiger partial charge in [-0.25, -0.2) is 4.98 Å². The minimum absolute atomic E-state index is 0.580. The molecule has 70 valence electrons. The molecule has 0 bridgehead atoms. The average Bonchev–Trinajstić information content (AvgIpc) is 2.88. The van der Waals surface area contributed by atoms with E-state index in [1.54, 1.807) is 6.20 Å². The van der Waals surface area contributed by atoms with Gasteiger partial charge >= 0.3 is 0 Å². The second kappa shape index (κ2) is 3.64. The van der Waals surface area contributed by atoms with Gasteiger partial charge in [-0.1, -0.05) is 12.8 Å². The third-order valence-electron chi connectivity index (χ3n) is 2.36. The Morgan fingerprint density at radius 2 is 2.38 bits per heavy atom. The molecule has 1 saturated carbocycles. The van der Waals surface area contributed by atoms with Crippen molar-refractivity contribution in [1.82, 2.24) is 4.98 Å². The number of aromatic nitrogens is 1. The van der Waals surface area contributed by atoms with Crippen molar-refractivity contribution in [2.24, 2.45) is 5.92 Å². The molecule has 1 fully saturated rings. The van der Waals surface area contributed by atoms with Crippen molar-refractivity contribution < 1.29 is 0 Å². The number of nitrogens with one attached hydrogen (secondary N) is 1. The van der Waals surface area contributed by atoms with Gasteiger partial charge in [0.15, 0.2) is 0 Å². The predicted molar refractivity (Wildman–Crippen MR) is 54.5 cm³/mol. The molecule has 3 N–H and O–H groups in total. The molecule has 1 aliphatic rings. The first-order valence-electron chi connectivity index (χ1n) is 4.80. The first kappa shape index (κ1) is 8.35. The summed E-state index contributed by atoms with van der Waals surface area (Å²) < 4.78 is 0. The highest BCUT2D eigenvalue weighted by Gasteiger charge is 2.19. The van der Waals surface area contributed by atoms with Crippen molar-refractivity contribution in [3.05, 3.63) is 18.3 Å². The highest BCUT2D eigenvalue weighted by Crippen LogP contribution is 2.32. The smallest absolute Gasteiger partial charge is 0.125 e. The number of nitrogens with two attached hydrogens (primary N) is 1. The van der Waals surface area contributed by atoms with Gasteiger partial charge in [-0.15, -0.1) is 0 Å². The monoisotopic (exact) mass is 177 g/mol. The number of nitrogen functional groups attached to an aromatic ring is 1. The molecule has 0 unspecified atom stereocenters. The molecule has 13 heavy (non-hydrogen) atoms. The lowest BCUT2D eigenvalue weighted by Crippen LogP contribution is -2.02. The Kier molecular flexibility index (Phi) is 2.34. The summed E-state index contributed by atoms with van der Waals surface area (Å²) in [4.78, 5) is 3.93. The number of nitrogens with zero attached hydrogens (tertiary/aromatic N) is 1. The van der Waals surface area contributed by atoms with Crippen LogP contribution in [0.4, 0.5) is 11.5 Å². The van der Waals surface area contributed by atoms with Crippen LogP contribution in [0.15, 0.2) is 18.3 Å². The largest absolute Gasteiger partial charge is 0.385 e. The average molecular weight is 177 g/mol. The maximum atomic E-state index is 5.55. The molecule has 2 rings (SSSR count). The molecule has 1 aliphatic carbocycles. The van der Waals surface area contributed by atoms with E-state index in [2.05, 4.69) is 10.3 Å². The van der Waals surface area contributed by atoms with Gasteiger partial charge in [-0.05, 0) is 18.4 Å². The molecule has 1 heterocycles. The molecule has 0 spiro atoms. The molecule has 0 amide bonds. The summed E-state index contributed by atoms with van der Waals surface area (Å²) in [6, 6.07) is 3.82. The summed E-state index contributed by atoms with van der Waals surface area (Å²) in [5, 5.41) is 3.34. The van der Waals surface area contributed by atoms with Crippen LogP contribution in [0.1, 0.15) is 19.3 Å².